The standard InChI is InChI=1S/C18H34N2/c1-2-20(17-8-4-3-5-9-17)15-18(12-6-7-13-18)14-19-16-10-11-16/h16-17,19H,2-15H2,1H3. The Balaban J connectivity index is 1.57. The van der Waals surface area contributed by atoms with E-state index in [-0.39, 0.29) is 0 Å². The highest BCUT2D eigenvalue weighted by Crippen LogP contribution is 2.40. The van der Waals surface area contributed by atoms with Crippen LogP contribution < -0.4 is 5.32 Å². The molecule has 0 aromatic heterocycles. The van der Waals surface area contributed by atoms with Crippen LogP contribution in [-0.2, 0) is 0 Å². The Morgan fingerprint density at radius 3 is 2.25 bits per heavy atom. The van der Waals surface area contributed by atoms with Crippen LogP contribution in [0.1, 0.15) is 77.6 Å². The molecular weight excluding hydrogens is 244 g/mol. The van der Waals surface area contributed by atoms with Gasteiger partial charge in [0.1, 0.15) is 0 Å². The van der Waals surface area contributed by atoms with Crippen molar-refractivity contribution in [1.82, 2.24) is 10.2 Å². The largest absolute Gasteiger partial charge is 0.313 e. The number of nitrogens with zero attached hydrogens (tertiary/aromatic N) is 1. The Bertz CT molecular complexity index is 286. The minimum absolute atomic E-state index is 0.607. The van der Waals surface area contributed by atoms with E-state index in [0.29, 0.717) is 5.41 Å². The minimum atomic E-state index is 0.607. The Hall–Kier alpha value is -0.0800. The monoisotopic (exact) mass is 278 g/mol. The second-order valence-electron chi connectivity index (χ2n) is 7.72. The summed E-state index contributed by atoms with van der Waals surface area (Å²) >= 11 is 0. The molecule has 0 aromatic carbocycles. The molecule has 0 heterocycles. The molecular formula is C18H34N2. The Kier molecular flexibility index (Phi) is 5.04. The van der Waals surface area contributed by atoms with Crippen LogP contribution in [-0.4, -0.2) is 36.6 Å². The van der Waals surface area contributed by atoms with Crippen molar-refractivity contribution in [3.63, 3.8) is 0 Å². The van der Waals surface area contributed by atoms with Gasteiger partial charge in [0.15, 0.2) is 0 Å². The Labute approximate surface area is 125 Å². The predicted molar refractivity (Wildman–Crippen MR) is 86.0 cm³/mol. The van der Waals surface area contributed by atoms with Crippen LogP contribution >= 0.6 is 0 Å². The van der Waals surface area contributed by atoms with E-state index in [2.05, 4.69) is 17.1 Å². The van der Waals surface area contributed by atoms with Gasteiger partial charge >= 0.3 is 0 Å². The summed E-state index contributed by atoms with van der Waals surface area (Å²) in [6.45, 7) is 6.30. The zero-order valence-corrected chi connectivity index (χ0v) is 13.5. The van der Waals surface area contributed by atoms with Gasteiger partial charge < -0.3 is 10.2 Å². The van der Waals surface area contributed by atoms with Crippen molar-refractivity contribution >= 4 is 0 Å². The van der Waals surface area contributed by atoms with Crippen molar-refractivity contribution in [2.24, 2.45) is 5.41 Å². The van der Waals surface area contributed by atoms with Crippen LogP contribution in [0.3, 0.4) is 0 Å². The zero-order chi connectivity index (χ0) is 13.8. The van der Waals surface area contributed by atoms with Crippen molar-refractivity contribution in [2.45, 2.75) is 89.6 Å². The molecule has 3 saturated carbocycles. The first-order valence-corrected chi connectivity index (χ1v) is 9.29. The smallest absolute Gasteiger partial charge is 0.00953 e. The topological polar surface area (TPSA) is 15.3 Å². The predicted octanol–water partition coefficient (Wildman–Crippen LogP) is 3.95. The molecule has 0 atom stereocenters. The highest BCUT2D eigenvalue weighted by Gasteiger charge is 2.38. The molecule has 1 N–H and O–H groups in total. The molecule has 0 radical (unpaired) electrons. The van der Waals surface area contributed by atoms with Crippen LogP contribution in [0.2, 0.25) is 0 Å². The molecule has 3 aliphatic rings. The molecule has 3 fully saturated rings. The average Bonchev–Trinajstić information content (AvgIpc) is 3.22. The zero-order valence-electron chi connectivity index (χ0n) is 13.5. The van der Waals surface area contributed by atoms with Gasteiger partial charge in [-0.2, -0.15) is 0 Å². The maximum Gasteiger partial charge on any atom is 0.00953 e. The molecule has 0 bridgehead atoms. The van der Waals surface area contributed by atoms with Gasteiger partial charge in [0.2, 0.25) is 0 Å². The minimum Gasteiger partial charge on any atom is -0.313 e. The van der Waals surface area contributed by atoms with Gasteiger partial charge in [0.05, 0.1) is 0 Å². The van der Waals surface area contributed by atoms with Gasteiger partial charge in [0, 0.05) is 25.2 Å². The maximum atomic E-state index is 3.85. The molecule has 0 saturated heterocycles. The molecule has 3 aliphatic carbocycles. The van der Waals surface area contributed by atoms with E-state index < -0.39 is 0 Å². The first-order valence-electron chi connectivity index (χ1n) is 9.29. The summed E-state index contributed by atoms with van der Waals surface area (Å²) < 4.78 is 0. The summed E-state index contributed by atoms with van der Waals surface area (Å²) in [5.74, 6) is 0. The fraction of sp³-hybridized carbons (Fsp3) is 1.00. The molecule has 2 heteroatoms. The molecule has 3 rings (SSSR count). The summed E-state index contributed by atoms with van der Waals surface area (Å²) in [4.78, 5) is 2.85. The quantitative estimate of drug-likeness (QED) is 0.758. The fourth-order valence-corrected chi connectivity index (χ4v) is 4.54. The number of hydrogen-bond acceptors (Lipinski definition) is 2. The van der Waals surface area contributed by atoms with E-state index in [9.17, 15) is 0 Å². The normalized spacial score (nSPS) is 27.3. The second kappa shape index (κ2) is 6.79. The van der Waals surface area contributed by atoms with Crippen molar-refractivity contribution in [3.05, 3.63) is 0 Å². The van der Waals surface area contributed by atoms with E-state index in [4.69, 9.17) is 0 Å². The van der Waals surface area contributed by atoms with Crippen molar-refractivity contribution < 1.29 is 0 Å². The van der Waals surface area contributed by atoms with Gasteiger partial charge in [-0.15, -0.1) is 0 Å². The lowest BCUT2D eigenvalue weighted by molar-refractivity contribution is 0.0929. The summed E-state index contributed by atoms with van der Waals surface area (Å²) in [7, 11) is 0. The average molecular weight is 278 g/mol. The number of nitrogens with one attached hydrogen (secondary N) is 1. The Morgan fingerprint density at radius 2 is 1.65 bits per heavy atom. The molecule has 0 spiro atoms. The fourth-order valence-electron chi connectivity index (χ4n) is 4.54. The van der Waals surface area contributed by atoms with E-state index >= 15 is 0 Å². The van der Waals surface area contributed by atoms with E-state index in [1.54, 1.807) is 0 Å². The van der Waals surface area contributed by atoms with E-state index in [1.807, 2.05) is 0 Å². The SMILES string of the molecule is CCN(CC1(CNC2CC2)CCCC1)C1CCCCC1. The van der Waals surface area contributed by atoms with Gasteiger partial charge in [-0.05, 0) is 50.5 Å². The van der Waals surface area contributed by atoms with Crippen molar-refractivity contribution in [2.75, 3.05) is 19.6 Å². The summed E-state index contributed by atoms with van der Waals surface area (Å²) in [6, 6.07) is 1.77. The van der Waals surface area contributed by atoms with Gasteiger partial charge in [-0.1, -0.05) is 39.0 Å². The molecule has 0 unspecified atom stereocenters. The van der Waals surface area contributed by atoms with E-state index in [1.165, 1.54) is 90.3 Å². The molecule has 2 nitrogen and oxygen atoms in total. The molecule has 0 aliphatic heterocycles. The third kappa shape index (κ3) is 3.76. The summed E-state index contributed by atoms with van der Waals surface area (Å²) in [6.07, 6.45) is 16.0. The second-order valence-corrected chi connectivity index (χ2v) is 7.72. The summed E-state index contributed by atoms with van der Waals surface area (Å²) in [5, 5.41) is 3.85. The number of rotatable bonds is 7. The van der Waals surface area contributed by atoms with Crippen LogP contribution in [0.5, 0.6) is 0 Å². The molecule has 20 heavy (non-hydrogen) atoms. The Morgan fingerprint density at radius 1 is 0.950 bits per heavy atom. The molecule has 0 amide bonds. The lowest BCUT2D eigenvalue weighted by Gasteiger charge is -2.41. The lowest BCUT2D eigenvalue weighted by atomic mass is 9.83. The van der Waals surface area contributed by atoms with Crippen LogP contribution in [0.15, 0.2) is 0 Å². The third-order valence-corrected chi connectivity index (χ3v) is 6.04. The maximum absolute atomic E-state index is 3.85. The van der Waals surface area contributed by atoms with Gasteiger partial charge in [0.25, 0.3) is 0 Å². The lowest BCUT2D eigenvalue weighted by Crippen LogP contribution is -2.47. The molecule has 116 valence electrons. The van der Waals surface area contributed by atoms with Crippen LogP contribution in [0.25, 0.3) is 0 Å². The van der Waals surface area contributed by atoms with Crippen LogP contribution in [0, 0.1) is 5.41 Å². The first kappa shape index (κ1) is 14.8. The van der Waals surface area contributed by atoms with Crippen molar-refractivity contribution in [3.8, 4) is 0 Å². The van der Waals surface area contributed by atoms with Crippen molar-refractivity contribution in [1.29, 1.82) is 0 Å². The van der Waals surface area contributed by atoms with Gasteiger partial charge in [-0.25, -0.2) is 0 Å². The van der Waals surface area contributed by atoms with Gasteiger partial charge in [-0.3, -0.25) is 0 Å². The highest BCUT2D eigenvalue weighted by atomic mass is 15.2. The molecule has 0 aromatic rings. The summed E-state index contributed by atoms with van der Waals surface area (Å²) in [5.41, 5.74) is 0.607. The number of hydrogen-bond donors (Lipinski definition) is 1. The highest BCUT2D eigenvalue weighted by molar-refractivity contribution is 4.93. The van der Waals surface area contributed by atoms with Crippen LogP contribution in [0.4, 0.5) is 0 Å². The third-order valence-electron chi connectivity index (χ3n) is 6.04. The first-order chi connectivity index (χ1) is 9.81. The van der Waals surface area contributed by atoms with E-state index in [0.717, 1.165) is 12.1 Å².